The van der Waals surface area contributed by atoms with Crippen LogP contribution in [0, 0.1) is 0 Å². The lowest BCUT2D eigenvalue weighted by Gasteiger charge is -2.07. The minimum Gasteiger partial charge on any atom is -0.334 e. The average Bonchev–Trinajstić information content (AvgIpc) is 3.46. The molecule has 2 heterocycles. The third-order valence-corrected chi connectivity index (χ3v) is 5.16. The second kappa shape index (κ2) is 8.29. The molecule has 0 radical (unpaired) electrons. The number of rotatable bonds is 7. The summed E-state index contributed by atoms with van der Waals surface area (Å²) in [4.78, 5) is 8.83. The number of nitrogens with one attached hydrogen (secondary N) is 2. The van der Waals surface area contributed by atoms with Gasteiger partial charge in [0.1, 0.15) is 0 Å². The zero-order chi connectivity index (χ0) is 18.5. The number of hydrogen-bond acceptors (Lipinski definition) is 5. The lowest BCUT2D eigenvalue weighted by Crippen LogP contribution is -2.16. The number of anilines is 1. The van der Waals surface area contributed by atoms with E-state index in [4.69, 9.17) is 4.98 Å². The average molecular weight is 375 g/mol. The van der Waals surface area contributed by atoms with Crippen LogP contribution in [0.15, 0.2) is 65.4 Å². The first-order valence-electron chi connectivity index (χ1n) is 9.08. The summed E-state index contributed by atoms with van der Waals surface area (Å²) in [5.74, 6) is 0. The lowest BCUT2D eigenvalue weighted by molar-refractivity contribution is 0.879. The fourth-order valence-electron chi connectivity index (χ4n) is 2.86. The van der Waals surface area contributed by atoms with Crippen LogP contribution in [0.4, 0.5) is 5.13 Å². The molecule has 2 aromatic heterocycles. The molecule has 1 aliphatic carbocycles. The number of thiazole rings is 1. The van der Waals surface area contributed by atoms with E-state index in [-0.39, 0.29) is 0 Å². The molecule has 0 unspecified atom stereocenters. The van der Waals surface area contributed by atoms with E-state index in [9.17, 15) is 0 Å². The summed E-state index contributed by atoms with van der Waals surface area (Å²) < 4.78 is 0. The molecule has 5 heteroatoms. The number of likely N-dealkylation sites (N-methyl/N-ethyl adjacent to an activating group) is 1. The Balaban J connectivity index is 1.50. The van der Waals surface area contributed by atoms with Crippen LogP contribution in [-0.4, -0.2) is 23.6 Å². The highest BCUT2D eigenvalue weighted by Crippen LogP contribution is 2.33. The van der Waals surface area contributed by atoms with Gasteiger partial charge in [0.2, 0.25) is 0 Å². The predicted octanol–water partition coefficient (Wildman–Crippen LogP) is 5.05. The van der Waals surface area contributed by atoms with Crippen LogP contribution in [0.1, 0.15) is 24.0 Å². The first kappa shape index (κ1) is 17.6. The second-order valence-electron chi connectivity index (χ2n) is 6.51. The molecule has 0 amide bonds. The highest BCUT2D eigenvalue weighted by atomic mass is 32.1. The van der Waals surface area contributed by atoms with Crippen molar-refractivity contribution in [2.24, 2.45) is 0 Å². The van der Waals surface area contributed by atoms with Gasteiger partial charge >= 0.3 is 0 Å². The maximum Gasteiger partial charge on any atom is 0.187 e. The van der Waals surface area contributed by atoms with Crippen molar-refractivity contribution in [1.82, 2.24) is 15.3 Å². The van der Waals surface area contributed by atoms with Gasteiger partial charge in [0.05, 0.1) is 5.69 Å². The van der Waals surface area contributed by atoms with E-state index in [1.807, 2.05) is 19.2 Å². The summed E-state index contributed by atoms with van der Waals surface area (Å²) in [6, 6.07) is 12.5. The summed E-state index contributed by atoms with van der Waals surface area (Å²) in [5.41, 5.74) is 7.21. The molecule has 0 saturated heterocycles. The van der Waals surface area contributed by atoms with Crippen molar-refractivity contribution >= 4 is 28.6 Å². The van der Waals surface area contributed by atoms with Gasteiger partial charge in [-0.25, -0.2) is 4.98 Å². The zero-order valence-electron chi connectivity index (χ0n) is 15.3. The maximum atomic E-state index is 4.79. The molecule has 0 aliphatic heterocycles. The van der Waals surface area contributed by atoms with Gasteiger partial charge in [-0.05, 0) is 54.8 Å². The summed E-state index contributed by atoms with van der Waals surface area (Å²) in [7, 11) is 1.98. The highest BCUT2D eigenvalue weighted by Gasteiger charge is 2.18. The number of pyridine rings is 1. The van der Waals surface area contributed by atoms with Gasteiger partial charge in [-0.15, -0.1) is 11.3 Å². The first-order chi connectivity index (χ1) is 13.3. The Morgan fingerprint density at radius 3 is 2.70 bits per heavy atom. The molecular weight excluding hydrogens is 352 g/mol. The molecule has 1 fully saturated rings. The van der Waals surface area contributed by atoms with Gasteiger partial charge in [-0.1, -0.05) is 30.4 Å². The van der Waals surface area contributed by atoms with E-state index in [0.29, 0.717) is 0 Å². The van der Waals surface area contributed by atoms with Crippen LogP contribution in [0.25, 0.3) is 23.4 Å². The van der Waals surface area contributed by atoms with Crippen LogP contribution < -0.4 is 10.6 Å². The fraction of sp³-hybridized carbons (Fsp3) is 0.182. The molecule has 1 aromatic carbocycles. The minimum absolute atomic E-state index is 0.861. The maximum absolute atomic E-state index is 4.79. The monoisotopic (exact) mass is 374 g/mol. The van der Waals surface area contributed by atoms with Crippen molar-refractivity contribution < 1.29 is 0 Å². The molecular formula is C22H22N4S. The molecule has 2 N–H and O–H groups in total. The Labute approximate surface area is 163 Å². The van der Waals surface area contributed by atoms with Crippen molar-refractivity contribution in [3.05, 3.63) is 76.6 Å². The molecule has 27 heavy (non-hydrogen) atoms. The van der Waals surface area contributed by atoms with Crippen molar-refractivity contribution in [3.63, 3.8) is 0 Å². The summed E-state index contributed by atoms with van der Waals surface area (Å²) in [6.07, 6.45) is 10.2. The topological polar surface area (TPSA) is 49.8 Å². The van der Waals surface area contributed by atoms with Crippen LogP contribution in [0.5, 0.6) is 0 Å². The van der Waals surface area contributed by atoms with Gasteiger partial charge in [0.15, 0.2) is 5.13 Å². The largest absolute Gasteiger partial charge is 0.334 e. The van der Waals surface area contributed by atoms with Gasteiger partial charge in [-0.2, -0.15) is 0 Å². The fourth-order valence-corrected chi connectivity index (χ4v) is 3.61. The van der Waals surface area contributed by atoms with Crippen LogP contribution in [0.2, 0.25) is 0 Å². The van der Waals surface area contributed by atoms with E-state index in [0.717, 1.165) is 34.1 Å². The number of hydrogen-bond donors (Lipinski definition) is 2. The first-order valence-corrected chi connectivity index (χ1v) is 9.96. The van der Waals surface area contributed by atoms with Gasteiger partial charge in [-0.3, -0.25) is 4.98 Å². The van der Waals surface area contributed by atoms with Crippen molar-refractivity contribution in [1.29, 1.82) is 0 Å². The third-order valence-electron chi connectivity index (χ3n) is 4.40. The van der Waals surface area contributed by atoms with Crippen LogP contribution in [0.3, 0.4) is 0 Å². The number of aromatic nitrogens is 2. The summed E-state index contributed by atoms with van der Waals surface area (Å²) in [6.45, 7) is 0.861. The van der Waals surface area contributed by atoms with Gasteiger partial charge in [0.25, 0.3) is 0 Å². The number of nitrogens with zero attached hydrogens (tertiary/aromatic N) is 2. The zero-order valence-corrected chi connectivity index (χ0v) is 16.1. The van der Waals surface area contributed by atoms with Crippen molar-refractivity contribution in [3.8, 4) is 11.3 Å². The normalized spacial score (nSPS) is 13.1. The molecule has 0 spiro atoms. The second-order valence-corrected chi connectivity index (χ2v) is 7.37. The Hall–Kier alpha value is -2.76. The Morgan fingerprint density at radius 2 is 1.93 bits per heavy atom. The van der Waals surface area contributed by atoms with E-state index in [1.54, 1.807) is 23.7 Å². The van der Waals surface area contributed by atoms with Gasteiger partial charge < -0.3 is 10.6 Å². The van der Waals surface area contributed by atoms with Crippen LogP contribution >= 0.6 is 11.3 Å². The minimum atomic E-state index is 0.861. The third kappa shape index (κ3) is 4.70. The van der Waals surface area contributed by atoms with Crippen LogP contribution in [-0.2, 0) is 0 Å². The van der Waals surface area contributed by atoms with E-state index >= 15 is 0 Å². The Kier molecular flexibility index (Phi) is 5.42. The molecule has 0 bridgehead atoms. The predicted molar refractivity (Wildman–Crippen MR) is 115 cm³/mol. The number of allylic oxidation sites excluding steroid dienone is 1. The van der Waals surface area contributed by atoms with Crippen molar-refractivity contribution in [2.75, 3.05) is 18.9 Å². The van der Waals surface area contributed by atoms with E-state index in [1.165, 1.54) is 24.1 Å². The molecule has 4 rings (SSSR count). The quantitative estimate of drug-likeness (QED) is 0.607. The lowest BCUT2D eigenvalue weighted by atomic mass is 10.1. The van der Waals surface area contributed by atoms with Gasteiger partial charge in [0, 0.05) is 35.6 Å². The van der Waals surface area contributed by atoms with Crippen molar-refractivity contribution in [2.45, 2.75) is 12.8 Å². The highest BCUT2D eigenvalue weighted by molar-refractivity contribution is 7.14. The Morgan fingerprint density at radius 1 is 1.11 bits per heavy atom. The SMILES string of the molecule is CNCC(Nc1nc(-c2cccc(/C=C/c3ccncc3)c2)cs1)=C1CC1. The van der Waals surface area contributed by atoms with E-state index < -0.39 is 0 Å². The molecule has 0 atom stereocenters. The molecule has 1 saturated carbocycles. The molecule has 4 nitrogen and oxygen atoms in total. The number of benzene rings is 1. The molecule has 3 aromatic rings. The van der Waals surface area contributed by atoms with E-state index in [2.05, 4.69) is 57.4 Å². The smallest absolute Gasteiger partial charge is 0.187 e. The Bertz CT molecular complexity index is 967. The standard InChI is InChI=1S/C22H22N4S/c1-23-14-20(18-7-8-18)25-22-26-21(15-27-22)19-4-2-3-17(13-19)6-5-16-9-11-24-12-10-16/h2-6,9-13,15,23H,7-8,14H2,1H3,(H,25,26)/b6-5+. The summed E-state index contributed by atoms with van der Waals surface area (Å²) >= 11 is 1.65. The summed E-state index contributed by atoms with van der Waals surface area (Å²) in [5, 5.41) is 9.79. The molecule has 1 aliphatic rings. The molecule has 136 valence electrons.